The van der Waals surface area contributed by atoms with Crippen LogP contribution < -0.4 is 10.1 Å². The van der Waals surface area contributed by atoms with E-state index in [1.165, 1.54) is 38.5 Å². The summed E-state index contributed by atoms with van der Waals surface area (Å²) in [6.07, 6.45) is 11.6. The Morgan fingerprint density at radius 2 is 1.86 bits per heavy atom. The minimum Gasteiger partial charge on any atom is -0.494 e. The van der Waals surface area contributed by atoms with Crippen molar-refractivity contribution in [3.05, 3.63) is 53.6 Å². The molecule has 29 heavy (non-hydrogen) atoms. The SMILES string of the molecule is O=C(O)c1ccc(Nc2cccc(OCCCC3CCCCC3)c2)c(C2CC2)c1. The fourth-order valence-electron chi connectivity index (χ4n) is 4.40. The second kappa shape index (κ2) is 9.34. The van der Waals surface area contributed by atoms with Crippen LogP contribution in [0.5, 0.6) is 5.75 Å². The van der Waals surface area contributed by atoms with Gasteiger partial charge in [0, 0.05) is 17.4 Å². The van der Waals surface area contributed by atoms with Gasteiger partial charge in [-0.3, -0.25) is 0 Å². The molecule has 4 heteroatoms. The van der Waals surface area contributed by atoms with E-state index in [0.717, 1.165) is 54.5 Å². The van der Waals surface area contributed by atoms with Crippen LogP contribution in [0.15, 0.2) is 42.5 Å². The van der Waals surface area contributed by atoms with Crippen molar-refractivity contribution in [3.63, 3.8) is 0 Å². The number of carbonyl (C=O) groups is 1. The second-order valence-electron chi connectivity index (χ2n) is 8.53. The second-order valence-corrected chi connectivity index (χ2v) is 8.53. The number of rotatable bonds is 9. The topological polar surface area (TPSA) is 58.6 Å². The van der Waals surface area contributed by atoms with E-state index in [0.29, 0.717) is 11.5 Å². The molecule has 0 atom stereocenters. The van der Waals surface area contributed by atoms with Gasteiger partial charge < -0.3 is 15.2 Å². The van der Waals surface area contributed by atoms with Crippen molar-refractivity contribution >= 4 is 17.3 Å². The molecule has 0 aliphatic heterocycles. The summed E-state index contributed by atoms with van der Waals surface area (Å²) in [4.78, 5) is 11.3. The molecule has 0 saturated heterocycles. The number of nitrogens with one attached hydrogen (secondary N) is 1. The van der Waals surface area contributed by atoms with Crippen molar-refractivity contribution in [1.82, 2.24) is 0 Å². The first-order chi connectivity index (χ1) is 14.2. The summed E-state index contributed by atoms with van der Waals surface area (Å²) in [7, 11) is 0. The minimum atomic E-state index is -0.873. The zero-order valence-electron chi connectivity index (χ0n) is 17.0. The molecule has 2 aliphatic carbocycles. The molecular weight excluding hydrogens is 362 g/mol. The number of carboxylic acids is 1. The Labute approximate surface area is 173 Å². The largest absolute Gasteiger partial charge is 0.494 e. The lowest BCUT2D eigenvalue weighted by molar-refractivity contribution is 0.0697. The van der Waals surface area contributed by atoms with Gasteiger partial charge in [-0.15, -0.1) is 0 Å². The zero-order valence-corrected chi connectivity index (χ0v) is 17.0. The Morgan fingerprint density at radius 1 is 1.03 bits per heavy atom. The first kappa shape index (κ1) is 19.8. The number of aromatic carboxylic acids is 1. The summed E-state index contributed by atoms with van der Waals surface area (Å²) < 4.78 is 6.00. The quantitative estimate of drug-likeness (QED) is 0.463. The summed E-state index contributed by atoms with van der Waals surface area (Å²) in [5.74, 6) is 1.38. The van der Waals surface area contributed by atoms with Crippen molar-refractivity contribution in [2.45, 2.75) is 63.7 Å². The number of anilines is 2. The average molecular weight is 394 g/mol. The average Bonchev–Trinajstić information content (AvgIpc) is 3.58. The highest BCUT2D eigenvalue weighted by Crippen LogP contribution is 2.44. The molecule has 154 valence electrons. The third-order valence-electron chi connectivity index (χ3n) is 6.18. The minimum absolute atomic E-state index is 0.354. The van der Waals surface area contributed by atoms with E-state index in [4.69, 9.17) is 4.74 Å². The van der Waals surface area contributed by atoms with Gasteiger partial charge in [0.25, 0.3) is 0 Å². The highest BCUT2D eigenvalue weighted by Gasteiger charge is 2.27. The van der Waals surface area contributed by atoms with E-state index in [-0.39, 0.29) is 0 Å². The van der Waals surface area contributed by atoms with E-state index in [1.54, 1.807) is 6.07 Å². The van der Waals surface area contributed by atoms with Crippen LogP contribution in [0.1, 0.15) is 79.6 Å². The number of carboxylic acid groups (broad SMARTS) is 1. The molecule has 0 amide bonds. The Balaban J connectivity index is 1.34. The molecule has 2 aromatic carbocycles. The van der Waals surface area contributed by atoms with E-state index in [2.05, 4.69) is 5.32 Å². The zero-order chi connectivity index (χ0) is 20.1. The predicted molar refractivity (Wildman–Crippen MR) is 116 cm³/mol. The molecule has 4 nitrogen and oxygen atoms in total. The molecule has 0 heterocycles. The van der Waals surface area contributed by atoms with Crippen LogP contribution in [0.2, 0.25) is 0 Å². The van der Waals surface area contributed by atoms with Gasteiger partial charge in [-0.25, -0.2) is 4.79 Å². The monoisotopic (exact) mass is 393 g/mol. The molecule has 0 spiro atoms. The fourth-order valence-corrected chi connectivity index (χ4v) is 4.40. The molecule has 2 saturated carbocycles. The summed E-state index contributed by atoms with van der Waals surface area (Å²) in [5.41, 5.74) is 3.42. The highest BCUT2D eigenvalue weighted by atomic mass is 16.5. The molecule has 0 radical (unpaired) electrons. The third kappa shape index (κ3) is 5.53. The lowest BCUT2D eigenvalue weighted by Gasteiger charge is -2.21. The fraction of sp³-hybridized carbons (Fsp3) is 0.480. The number of benzene rings is 2. The molecule has 2 aromatic rings. The van der Waals surface area contributed by atoms with Crippen LogP contribution in [0.25, 0.3) is 0 Å². The maximum absolute atomic E-state index is 11.3. The summed E-state index contributed by atoms with van der Waals surface area (Å²) >= 11 is 0. The summed E-state index contributed by atoms with van der Waals surface area (Å²) in [6, 6.07) is 13.4. The van der Waals surface area contributed by atoms with Crippen LogP contribution in [0, 0.1) is 5.92 Å². The van der Waals surface area contributed by atoms with E-state index < -0.39 is 5.97 Å². The number of ether oxygens (including phenoxy) is 1. The summed E-state index contributed by atoms with van der Waals surface area (Å²) in [6.45, 7) is 0.764. The molecule has 0 unspecified atom stereocenters. The van der Waals surface area contributed by atoms with Gasteiger partial charge in [0.2, 0.25) is 0 Å². The van der Waals surface area contributed by atoms with Crippen LogP contribution in [-0.2, 0) is 0 Å². The molecule has 2 N–H and O–H groups in total. The van der Waals surface area contributed by atoms with Crippen molar-refractivity contribution in [1.29, 1.82) is 0 Å². The van der Waals surface area contributed by atoms with E-state index in [9.17, 15) is 9.90 Å². The molecular formula is C25H31NO3. The lowest BCUT2D eigenvalue weighted by Crippen LogP contribution is -2.08. The van der Waals surface area contributed by atoms with E-state index in [1.807, 2.05) is 36.4 Å². The van der Waals surface area contributed by atoms with Gasteiger partial charge in [0.05, 0.1) is 12.2 Å². The third-order valence-corrected chi connectivity index (χ3v) is 6.18. The number of hydrogen-bond donors (Lipinski definition) is 2. The van der Waals surface area contributed by atoms with Gasteiger partial charge >= 0.3 is 5.97 Å². The lowest BCUT2D eigenvalue weighted by atomic mass is 9.86. The molecule has 2 fully saturated rings. The number of hydrogen-bond acceptors (Lipinski definition) is 3. The van der Waals surface area contributed by atoms with Crippen LogP contribution >= 0.6 is 0 Å². The van der Waals surface area contributed by atoms with Gasteiger partial charge in [0.15, 0.2) is 0 Å². The Morgan fingerprint density at radius 3 is 2.62 bits per heavy atom. The Kier molecular flexibility index (Phi) is 6.38. The summed E-state index contributed by atoms with van der Waals surface area (Å²) in [5, 5.41) is 12.7. The van der Waals surface area contributed by atoms with Crippen molar-refractivity contribution in [2.24, 2.45) is 5.92 Å². The van der Waals surface area contributed by atoms with Gasteiger partial charge in [0.1, 0.15) is 5.75 Å². The normalized spacial score (nSPS) is 17.1. The first-order valence-corrected chi connectivity index (χ1v) is 11.1. The van der Waals surface area contributed by atoms with Crippen molar-refractivity contribution in [3.8, 4) is 5.75 Å². The molecule has 0 aromatic heterocycles. The van der Waals surface area contributed by atoms with Gasteiger partial charge in [-0.05, 0) is 73.4 Å². The maximum Gasteiger partial charge on any atom is 0.335 e. The standard InChI is InChI=1S/C25H31NO3/c27-25(28)20-13-14-24(23(16-20)19-11-12-19)26-21-9-4-10-22(17-21)29-15-5-8-18-6-2-1-3-7-18/h4,9-10,13-14,16-19,26H,1-3,5-8,11-12,15H2,(H,27,28). The van der Waals surface area contributed by atoms with Crippen molar-refractivity contribution in [2.75, 3.05) is 11.9 Å². The van der Waals surface area contributed by atoms with Crippen LogP contribution in [-0.4, -0.2) is 17.7 Å². The van der Waals surface area contributed by atoms with Gasteiger partial charge in [-0.2, -0.15) is 0 Å². The van der Waals surface area contributed by atoms with Crippen LogP contribution in [0.3, 0.4) is 0 Å². The highest BCUT2D eigenvalue weighted by molar-refractivity contribution is 5.89. The molecule has 2 aliphatic rings. The van der Waals surface area contributed by atoms with Crippen molar-refractivity contribution < 1.29 is 14.6 Å². The molecule has 4 rings (SSSR count). The maximum atomic E-state index is 11.3. The Bertz CT molecular complexity index is 838. The smallest absolute Gasteiger partial charge is 0.335 e. The van der Waals surface area contributed by atoms with E-state index >= 15 is 0 Å². The first-order valence-electron chi connectivity index (χ1n) is 11.1. The Hall–Kier alpha value is -2.49. The van der Waals surface area contributed by atoms with Gasteiger partial charge in [-0.1, -0.05) is 38.2 Å². The predicted octanol–water partition coefficient (Wildman–Crippen LogP) is 6.75. The molecule has 0 bridgehead atoms. The van der Waals surface area contributed by atoms with Crippen LogP contribution in [0.4, 0.5) is 11.4 Å².